The van der Waals surface area contributed by atoms with Gasteiger partial charge in [0, 0.05) is 27.2 Å². The molecule has 1 rings (SSSR count). The zero-order valence-electron chi connectivity index (χ0n) is 13.4. The van der Waals surface area contributed by atoms with Crippen LogP contribution in [0.1, 0.15) is 41.0 Å². The summed E-state index contributed by atoms with van der Waals surface area (Å²) in [4.78, 5) is 26.9. The van der Waals surface area contributed by atoms with E-state index in [2.05, 4.69) is 13.8 Å². The Balaban J connectivity index is 0.00000154. The van der Waals surface area contributed by atoms with E-state index in [1.54, 1.807) is 0 Å². The first-order chi connectivity index (χ1) is 8.90. The van der Waals surface area contributed by atoms with Gasteiger partial charge in [-0.1, -0.05) is 27.7 Å². The van der Waals surface area contributed by atoms with Crippen molar-refractivity contribution in [2.45, 2.75) is 41.0 Å². The summed E-state index contributed by atoms with van der Waals surface area (Å²) in [5.41, 5.74) is 0.469. The third kappa shape index (κ3) is 4.08. The summed E-state index contributed by atoms with van der Waals surface area (Å²) >= 11 is 0. The highest BCUT2D eigenvalue weighted by atomic mass is 16.2. The van der Waals surface area contributed by atoms with E-state index in [0.717, 1.165) is 19.5 Å². The summed E-state index contributed by atoms with van der Waals surface area (Å²) in [6.45, 7) is 11.8. The van der Waals surface area contributed by atoms with Gasteiger partial charge in [0.15, 0.2) is 0 Å². The lowest BCUT2D eigenvalue weighted by Crippen LogP contribution is -2.44. The molecule has 0 bridgehead atoms. The Morgan fingerprint density at radius 3 is 1.74 bits per heavy atom. The normalized spacial score (nSPS) is 10.3. The van der Waals surface area contributed by atoms with E-state index >= 15 is 0 Å². The minimum absolute atomic E-state index is 0.341. The van der Waals surface area contributed by atoms with Gasteiger partial charge in [0.1, 0.15) is 11.4 Å². The highest BCUT2D eigenvalue weighted by Crippen LogP contribution is 2.22. The highest BCUT2D eigenvalue weighted by molar-refractivity contribution is 5.75. The fraction of sp³-hybridized carbons (Fsp3) is 0.733. The predicted octanol–water partition coefficient (Wildman–Crippen LogP) is 2.25. The molecule has 0 atom stereocenters. The molecule has 0 N–H and O–H groups in total. The number of hydrogen-bond donors (Lipinski definition) is 0. The van der Waals surface area contributed by atoms with Crippen molar-refractivity contribution in [3.8, 4) is 0 Å². The lowest BCUT2D eigenvalue weighted by atomic mass is 10.1. The fourth-order valence-corrected chi connectivity index (χ4v) is 1.80. The molecule has 0 saturated heterocycles. The molecular weight excluding hydrogens is 240 g/mol. The van der Waals surface area contributed by atoms with Crippen molar-refractivity contribution in [1.29, 1.82) is 0 Å². The van der Waals surface area contributed by atoms with Crippen LogP contribution in [0.25, 0.3) is 0 Å². The summed E-state index contributed by atoms with van der Waals surface area (Å²) in [6.07, 6.45) is 1.02. The molecule has 19 heavy (non-hydrogen) atoms. The maximum Gasteiger partial charge on any atom is 0.253 e. The summed E-state index contributed by atoms with van der Waals surface area (Å²) in [5, 5.41) is 0. The van der Waals surface area contributed by atoms with E-state index < -0.39 is 0 Å². The number of anilines is 2. The molecule has 0 heterocycles. The Kier molecular flexibility index (Phi) is 7.42. The molecule has 0 amide bonds. The molecule has 0 spiro atoms. The second kappa shape index (κ2) is 7.97. The average molecular weight is 268 g/mol. The lowest BCUT2D eigenvalue weighted by Gasteiger charge is -2.28. The van der Waals surface area contributed by atoms with Crippen LogP contribution in [0, 0.1) is 5.92 Å². The molecule has 4 nitrogen and oxygen atoms in total. The molecule has 0 aliphatic heterocycles. The van der Waals surface area contributed by atoms with Crippen LogP contribution in [0.4, 0.5) is 11.4 Å². The van der Waals surface area contributed by atoms with Crippen molar-refractivity contribution in [3.63, 3.8) is 0 Å². The molecule has 0 radical (unpaired) electrons. The van der Waals surface area contributed by atoms with E-state index in [1.807, 2.05) is 44.7 Å². The van der Waals surface area contributed by atoms with E-state index in [9.17, 15) is 9.59 Å². The van der Waals surface area contributed by atoms with Gasteiger partial charge >= 0.3 is 0 Å². The Labute approximate surface area is 116 Å². The average Bonchev–Trinajstić information content (AvgIpc) is 2.42. The largest absolute Gasteiger partial charge is 0.370 e. The van der Waals surface area contributed by atoms with Crippen LogP contribution < -0.4 is 20.7 Å². The summed E-state index contributed by atoms with van der Waals surface area (Å²) in [7, 11) is 3.72. The van der Waals surface area contributed by atoms with Crippen molar-refractivity contribution in [3.05, 3.63) is 20.4 Å². The van der Waals surface area contributed by atoms with Gasteiger partial charge in [0.2, 0.25) is 0 Å². The molecule has 0 saturated carbocycles. The zero-order chi connectivity index (χ0) is 15.2. The van der Waals surface area contributed by atoms with Crippen molar-refractivity contribution >= 4 is 11.4 Å². The van der Waals surface area contributed by atoms with E-state index in [-0.39, 0.29) is 10.9 Å². The third-order valence-corrected chi connectivity index (χ3v) is 3.14. The van der Waals surface area contributed by atoms with Gasteiger partial charge in [-0.2, -0.15) is 0 Å². The van der Waals surface area contributed by atoms with Crippen LogP contribution in [-0.4, -0.2) is 27.2 Å². The molecule has 0 aromatic heterocycles. The van der Waals surface area contributed by atoms with Gasteiger partial charge in [0.25, 0.3) is 10.9 Å². The Morgan fingerprint density at radius 2 is 1.37 bits per heavy atom. The maximum absolute atomic E-state index is 11.6. The van der Waals surface area contributed by atoms with Gasteiger partial charge in [0.05, 0.1) is 0 Å². The molecular formula is C15H28N2O2. The van der Waals surface area contributed by atoms with Gasteiger partial charge in [-0.15, -0.1) is 0 Å². The standard InChI is InChI=1S/C13H22N2O2.C2H6/c1-6-14(4)10-11(13(17)12(10)16)15(5)8-7-9(2)3;1-2/h9H,6-8H2,1-5H3;1-2H3. The van der Waals surface area contributed by atoms with Gasteiger partial charge in [-0.05, 0) is 19.3 Å². The SMILES string of the molecule is CC.CCN(C)c1c(N(C)CCC(C)C)c(=O)c1=O. The zero-order valence-corrected chi connectivity index (χ0v) is 13.4. The Hall–Kier alpha value is -1.32. The summed E-state index contributed by atoms with van der Waals surface area (Å²) in [5.74, 6) is 0.594. The first-order valence-corrected chi connectivity index (χ1v) is 7.15. The number of nitrogens with zero attached hydrogens (tertiary/aromatic N) is 2. The Morgan fingerprint density at radius 1 is 0.947 bits per heavy atom. The van der Waals surface area contributed by atoms with E-state index in [0.29, 0.717) is 17.3 Å². The van der Waals surface area contributed by atoms with Crippen molar-refractivity contribution in [2.75, 3.05) is 37.0 Å². The number of rotatable bonds is 6. The van der Waals surface area contributed by atoms with Crippen LogP contribution in [0.5, 0.6) is 0 Å². The van der Waals surface area contributed by atoms with Gasteiger partial charge in [-0.25, -0.2) is 0 Å². The maximum atomic E-state index is 11.6. The van der Waals surface area contributed by atoms with Crippen LogP contribution in [0.3, 0.4) is 0 Å². The topological polar surface area (TPSA) is 40.6 Å². The van der Waals surface area contributed by atoms with E-state index in [4.69, 9.17) is 0 Å². The predicted molar refractivity (Wildman–Crippen MR) is 84.4 cm³/mol. The van der Waals surface area contributed by atoms with Crippen LogP contribution in [0.2, 0.25) is 0 Å². The smallest absolute Gasteiger partial charge is 0.253 e. The summed E-state index contributed by atoms with van der Waals surface area (Å²) in [6, 6.07) is 0. The van der Waals surface area contributed by atoms with Crippen LogP contribution >= 0.6 is 0 Å². The molecule has 0 aliphatic rings. The minimum Gasteiger partial charge on any atom is -0.370 e. The molecule has 1 aromatic rings. The molecule has 0 fully saturated rings. The highest BCUT2D eigenvalue weighted by Gasteiger charge is 2.26. The molecule has 110 valence electrons. The molecule has 0 aliphatic carbocycles. The van der Waals surface area contributed by atoms with Crippen molar-refractivity contribution in [1.82, 2.24) is 0 Å². The second-order valence-corrected chi connectivity index (χ2v) is 4.97. The lowest BCUT2D eigenvalue weighted by molar-refractivity contribution is 0.584. The van der Waals surface area contributed by atoms with Gasteiger partial charge in [-0.3, -0.25) is 9.59 Å². The number of hydrogen-bond acceptors (Lipinski definition) is 4. The van der Waals surface area contributed by atoms with Crippen molar-refractivity contribution in [2.24, 2.45) is 5.92 Å². The van der Waals surface area contributed by atoms with Gasteiger partial charge < -0.3 is 9.80 Å². The fourth-order valence-electron chi connectivity index (χ4n) is 1.80. The quantitative estimate of drug-likeness (QED) is 0.742. The van der Waals surface area contributed by atoms with Crippen LogP contribution in [0.15, 0.2) is 9.59 Å². The first kappa shape index (κ1) is 17.7. The molecule has 1 aromatic carbocycles. The first-order valence-electron chi connectivity index (χ1n) is 7.15. The summed E-state index contributed by atoms with van der Waals surface area (Å²) < 4.78 is 0. The molecule has 0 unspecified atom stereocenters. The molecule has 4 heteroatoms. The Bertz CT molecular complexity index is 445. The minimum atomic E-state index is -0.347. The van der Waals surface area contributed by atoms with Crippen molar-refractivity contribution < 1.29 is 0 Å². The monoisotopic (exact) mass is 268 g/mol. The third-order valence-electron chi connectivity index (χ3n) is 3.14. The van der Waals surface area contributed by atoms with E-state index in [1.165, 1.54) is 0 Å². The second-order valence-electron chi connectivity index (χ2n) is 4.97. The van der Waals surface area contributed by atoms with Crippen LogP contribution in [-0.2, 0) is 0 Å².